The summed E-state index contributed by atoms with van der Waals surface area (Å²) in [6.45, 7) is 3.75. The van der Waals surface area contributed by atoms with Gasteiger partial charge >= 0.3 is 0 Å². The van der Waals surface area contributed by atoms with Crippen LogP contribution in [-0.4, -0.2) is 17.1 Å². The van der Waals surface area contributed by atoms with Gasteiger partial charge < -0.3 is 15.6 Å². The van der Waals surface area contributed by atoms with Crippen LogP contribution in [0.4, 0.5) is 0 Å². The Hall–Kier alpha value is -1.55. The van der Waals surface area contributed by atoms with Crippen molar-refractivity contribution >= 4 is 5.91 Å². The summed E-state index contributed by atoms with van der Waals surface area (Å²) in [7, 11) is 0. The zero-order valence-electron chi connectivity index (χ0n) is 10.2. The fourth-order valence-electron chi connectivity index (χ4n) is 1.51. The van der Waals surface area contributed by atoms with Gasteiger partial charge in [-0.2, -0.15) is 0 Å². The molecule has 3 N–H and O–H groups in total. The van der Waals surface area contributed by atoms with E-state index in [1.807, 2.05) is 13.8 Å². The Labute approximate surface area is 101 Å². The number of ether oxygens (including phenoxy) is 1. The largest absolute Gasteiger partial charge is 0.481 e. The monoisotopic (exact) mass is 237 g/mol. The third kappa shape index (κ3) is 3.75. The molecule has 0 aliphatic carbocycles. The molecule has 0 aliphatic heterocycles. The van der Waals surface area contributed by atoms with E-state index in [0.717, 1.165) is 5.56 Å². The predicted molar refractivity (Wildman–Crippen MR) is 65.6 cm³/mol. The third-order valence-corrected chi connectivity index (χ3v) is 2.62. The van der Waals surface area contributed by atoms with Gasteiger partial charge in [0.1, 0.15) is 5.75 Å². The average Bonchev–Trinajstić information content (AvgIpc) is 2.35. The van der Waals surface area contributed by atoms with Crippen LogP contribution < -0.4 is 10.5 Å². The Morgan fingerprint density at radius 2 is 1.88 bits per heavy atom. The summed E-state index contributed by atoms with van der Waals surface area (Å²) in [5, 5.41) is 9.62. The Kier molecular flexibility index (Phi) is 4.97. The van der Waals surface area contributed by atoms with E-state index in [1.54, 1.807) is 24.3 Å². The van der Waals surface area contributed by atoms with Crippen LogP contribution in [0.15, 0.2) is 24.3 Å². The first kappa shape index (κ1) is 13.5. The van der Waals surface area contributed by atoms with E-state index in [1.165, 1.54) is 0 Å². The molecule has 1 aromatic carbocycles. The van der Waals surface area contributed by atoms with Crippen molar-refractivity contribution in [1.82, 2.24) is 0 Å². The van der Waals surface area contributed by atoms with E-state index < -0.39 is 18.1 Å². The van der Waals surface area contributed by atoms with Crippen molar-refractivity contribution in [2.45, 2.75) is 38.9 Å². The molecule has 4 nitrogen and oxygen atoms in total. The zero-order valence-corrected chi connectivity index (χ0v) is 10.2. The second kappa shape index (κ2) is 6.25. The topological polar surface area (TPSA) is 72.6 Å². The highest BCUT2D eigenvalue weighted by atomic mass is 16.5. The van der Waals surface area contributed by atoms with Crippen LogP contribution in [-0.2, 0) is 4.79 Å². The lowest BCUT2D eigenvalue weighted by Gasteiger charge is -2.15. The van der Waals surface area contributed by atoms with Crippen molar-refractivity contribution in [2.24, 2.45) is 5.73 Å². The standard InChI is InChI=1S/C13H19NO3/c1-3-11(15)9-5-7-10(8-6-9)17-12(4-2)13(14)16/h5-8,11-12,15H,3-4H2,1-2H3,(H2,14,16)/t11-,12?/m1/s1. The molecule has 94 valence electrons. The summed E-state index contributed by atoms with van der Waals surface area (Å²) in [6, 6.07) is 7.05. The highest BCUT2D eigenvalue weighted by Gasteiger charge is 2.14. The number of hydrogen-bond donors (Lipinski definition) is 2. The molecule has 17 heavy (non-hydrogen) atoms. The smallest absolute Gasteiger partial charge is 0.258 e. The van der Waals surface area contributed by atoms with Crippen molar-refractivity contribution in [3.63, 3.8) is 0 Å². The molecule has 0 bridgehead atoms. The summed E-state index contributed by atoms with van der Waals surface area (Å²) >= 11 is 0. The molecule has 1 rings (SSSR count). The van der Waals surface area contributed by atoms with Gasteiger partial charge in [-0.05, 0) is 30.5 Å². The molecule has 0 fully saturated rings. The first-order chi connectivity index (χ1) is 8.08. The van der Waals surface area contributed by atoms with Crippen LogP contribution in [0, 0.1) is 0 Å². The summed E-state index contributed by atoms with van der Waals surface area (Å²) in [5.74, 6) is 0.118. The Bertz CT molecular complexity index is 361. The third-order valence-electron chi connectivity index (χ3n) is 2.62. The number of benzene rings is 1. The van der Waals surface area contributed by atoms with Gasteiger partial charge in [0.25, 0.3) is 5.91 Å². The number of aliphatic hydroxyl groups is 1. The molecule has 0 radical (unpaired) electrons. The lowest BCUT2D eigenvalue weighted by atomic mass is 10.1. The molecule has 0 heterocycles. The molecule has 0 aliphatic rings. The maximum Gasteiger partial charge on any atom is 0.258 e. The molecule has 2 atom stereocenters. The predicted octanol–water partition coefficient (Wildman–Crippen LogP) is 1.77. The summed E-state index contributed by atoms with van der Waals surface area (Å²) in [6.07, 6.45) is 0.146. The molecular formula is C13H19NO3. The molecule has 1 unspecified atom stereocenters. The fourth-order valence-corrected chi connectivity index (χ4v) is 1.51. The van der Waals surface area contributed by atoms with Gasteiger partial charge in [0.05, 0.1) is 6.10 Å². The van der Waals surface area contributed by atoms with Gasteiger partial charge in [-0.3, -0.25) is 4.79 Å². The molecule has 4 heteroatoms. The number of rotatable bonds is 6. The average molecular weight is 237 g/mol. The van der Waals surface area contributed by atoms with Crippen molar-refractivity contribution in [1.29, 1.82) is 0 Å². The van der Waals surface area contributed by atoms with Crippen LogP contribution >= 0.6 is 0 Å². The van der Waals surface area contributed by atoms with Crippen LogP contribution in [0.2, 0.25) is 0 Å². The molecule has 0 aromatic heterocycles. The minimum absolute atomic E-state index is 0.456. The quantitative estimate of drug-likeness (QED) is 0.792. The zero-order chi connectivity index (χ0) is 12.8. The molecule has 1 amide bonds. The number of nitrogens with two attached hydrogens (primary N) is 1. The minimum Gasteiger partial charge on any atom is -0.481 e. The van der Waals surface area contributed by atoms with E-state index in [4.69, 9.17) is 10.5 Å². The van der Waals surface area contributed by atoms with Gasteiger partial charge in [0.15, 0.2) is 6.10 Å². The first-order valence-electron chi connectivity index (χ1n) is 5.82. The molecule has 0 saturated heterocycles. The molecule has 0 spiro atoms. The normalized spacial score (nSPS) is 14.1. The van der Waals surface area contributed by atoms with E-state index in [-0.39, 0.29) is 0 Å². The fraction of sp³-hybridized carbons (Fsp3) is 0.462. The van der Waals surface area contributed by atoms with Crippen LogP contribution in [0.1, 0.15) is 38.4 Å². The van der Waals surface area contributed by atoms with E-state index in [0.29, 0.717) is 18.6 Å². The van der Waals surface area contributed by atoms with E-state index in [9.17, 15) is 9.90 Å². The maximum atomic E-state index is 11.0. The van der Waals surface area contributed by atoms with Crippen molar-refractivity contribution in [3.05, 3.63) is 29.8 Å². The molecular weight excluding hydrogens is 218 g/mol. The first-order valence-corrected chi connectivity index (χ1v) is 5.82. The van der Waals surface area contributed by atoms with Gasteiger partial charge in [0, 0.05) is 0 Å². The summed E-state index contributed by atoms with van der Waals surface area (Å²) < 4.78 is 5.44. The lowest BCUT2D eigenvalue weighted by Crippen LogP contribution is -2.32. The summed E-state index contributed by atoms with van der Waals surface area (Å²) in [5.41, 5.74) is 6.03. The van der Waals surface area contributed by atoms with Crippen LogP contribution in [0.5, 0.6) is 5.75 Å². The Morgan fingerprint density at radius 1 is 1.29 bits per heavy atom. The van der Waals surface area contributed by atoms with E-state index in [2.05, 4.69) is 0 Å². The van der Waals surface area contributed by atoms with Gasteiger partial charge in [-0.25, -0.2) is 0 Å². The SMILES string of the molecule is CCC(Oc1ccc([C@H](O)CC)cc1)C(N)=O. The number of aliphatic hydroxyl groups excluding tert-OH is 1. The van der Waals surface area contributed by atoms with Crippen LogP contribution in [0.25, 0.3) is 0 Å². The minimum atomic E-state index is -0.600. The highest BCUT2D eigenvalue weighted by molar-refractivity contribution is 5.79. The van der Waals surface area contributed by atoms with E-state index >= 15 is 0 Å². The lowest BCUT2D eigenvalue weighted by molar-refractivity contribution is -0.124. The summed E-state index contributed by atoms with van der Waals surface area (Å²) in [4.78, 5) is 11.0. The van der Waals surface area contributed by atoms with Crippen molar-refractivity contribution in [2.75, 3.05) is 0 Å². The van der Waals surface area contributed by atoms with Crippen LogP contribution in [0.3, 0.4) is 0 Å². The highest BCUT2D eigenvalue weighted by Crippen LogP contribution is 2.20. The number of carbonyl (C=O) groups excluding carboxylic acids is 1. The molecule has 0 saturated carbocycles. The molecule has 1 aromatic rings. The van der Waals surface area contributed by atoms with Crippen molar-refractivity contribution < 1.29 is 14.6 Å². The van der Waals surface area contributed by atoms with Gasteiger partial charge in [-0.1, -0.05) is 26.0 Å². The second-order valence-corrected chi connectivity index (χ2v) is 3.91. The Morgan fingerprint density at radius 3 is 2.29 bits per heavy atom. The number of primary amides is 1. The van der Waals surface area contributed by atoms with Gasteiger partial charge in [0.2, 0.25) is 0 Å². The Balaban J connectivity index is 2.71. The maximum absolute atomic E-state index is 11.0. The van der Waals surface area contributed by atoms with Gasteiger partial charge in [-0.15, -0.1) is 0 Å². The van der Waals surface area contributed by atoms with Crippen molar-refractivity contribution in [3.8, 4) is 5.75 Å². The second-order valence-electron chi connectivity index (χ2n) is 3.91. The number of amides is 1. The number of carbonyl (C=O) groups is 1. The number of hydrogen-bond acceptors (Lipinski definition) is 3.